The first kappa shape index (κ1) is 31.3. The van der Waals surface area contributed by atoms with E-state index < -0.39 is 24.1 Å². The van der Waals surface area contributed by atoms with E-state index in [-0.39, 0.29) is 18.4 Å². The summed E-state index contributed by atoms with van der Waals surface area (Å²) in [6.45, 7) is 1.64. The first-order chi connectivity index (χ1) is 22.9. The predicted molar refractivity (Wildman–Crippen MR) is 179 cm³/mol. The van der Waals surface area contributed by atoms with E-state index in [4.69, 9.17) is 10.5 Å². The molecule has 10 heteroatoms. The minimum atomic E-state index is -0.854. The van der Waals surface area contributed by atoms with Gasteiger partial charge in [-0.3, -0.25) is 9.59 Å². The van der Waals surface area contributed by atoms with Gasteiger partial charge in [0.25, 0.3) is 5.91 Å². The summed E-state index contributed by atoms with van der Waals surface area (Å²) >= 11 is 0. The van der Waals surface area contributed by atoms with Crippen LogP contribution in [0.2, 0.25) is 0 Å². The van der Waals surface area contributed by atoms with E-state index in [9.17, 15) is 19.2 Å². The Balaban J connectivity index is 0.988. The van der Waals surface area contributed by atoms with Crippen LogP contribution in [0.25, 0.3) is 11.1 Å². The van der Waals surface area contributed by atoms with Gasteiger partial charge in [0.1, 0.15) is 12.6 Å². The van der Waals surface area contributed by atoms with Crippen LogP contribution in [0.5, 0.6) is 0 Å². The average Bonchev–Trinajstić information content (AvgIpc) is 3.42. The molecule has 1 heterocycles. The Bertz CT molecular complexity index is 1720. The van der Waals surface area contributed by atoms with Crippen molar-refractivity contribution < 1.29 is 23.9 Å². The summed E-state index contributed by atoms with van der Waals surface area (Å²) in [6, 6.07) is 31.2. The van der Waals surface area contributed by atoms with E-state index in [0.29, 0.717) is 50.3 Å². The normalized spacial score (nSPS) is 14.5. The molecule has 0 bridgehead atoms. The first-order valence-corrected chi connectivity index (χ1v) is 15.8. The Hall–Kier alpha value is -5.64. The van der Waals surface area contributed by atoms with Crippen molar-refractivity contribution in [2.24, 2.45) is 5.73 Å². The number of urea groups is 1. The number of anilines is 1. The summed E-state index contributed by atoms with van der Waals surface area (Å²) in [7, 11) is 0. The topological polar surface area (TPSA) is 134 Å². The molecular formula is C37H37N5O5. The zero-order chi connectivity index (χ0) is 32.8. The fraction of sp³-hybridized carbons (Fsp3) is 0.243. The minimum Gasteiger partial charge on any atom is -0.448 e. The van der Waals surface area contributed by atoms with Gasteiger partial charge in [-0.2, -0.15) is 0 Å². The molecule has 0 aromatic heterocycles. The number of benzene rings is 4. The first-order valence-electron chi connectivity index (χ1n) is 15.8. The number of nitrogens with zero attached hydrogens (tertiary/aromatic N) is 2. The van der Waals surface area contributed by atoms with Gasteiger partial charge in [-0.15, -0.1) is 0 Å². The van der Waals surface area contributed by atoms with E-state index in [1.165, 1.54) is 11.1 Å². The van der Waals surface area contributed by atoms with Crippen LogP contribution >= 0.6 is 0 Å². The van der Waals surface area contributed by atoms with Crippen LogP contribution < -0.4 is 16.4 Å². The predicted octanol–water partition coefficient (Wildman–Crippen LogP) is 5.00. The number of nitrogens with two attached hydrogens (primary N) is 1. The van der Waals surface area contributed by atoms with Gasteiger partial charge < -0.3 is 30.9 Å². The van der Waals surface area contributed by atoms with Crippen LogP contribution in [-0.2, 0) is 16.0 Å². The van der Waals surface area contributed by atoms with Gasteiger partial charge in [0.15, 0.2) is 0 Å². The van der Waals surface area contributed by atoms with E-state index >= 15 is 0 Å². The van der Waals surface area contributed by atoms with Gasteiger partial charge in [0.05, 0.1) is 0 Å². The number of carbonyl (C=O) groups is 4. The molecule has 4 N–H and O–H groups in total. The van der Waals surface area contributed by atoms with Crippen LogP contribution in [0, 0.1) is 0 Å². The fourth-order valence-corrected chi connectivity index (χ4v) is 6.26. The van der Waals surface area contributed by atoms with Gasteiger partial charge in [-0.25, -0.2) is 9.59 Å². The van der Waals surface area contributed by atoms with Crippen molar-refractivity contribution in [2.75, 3.05) is 38.1 Å². The lowest BCUT2D eigenvalue weighted by Crippen LogP contribution is -2.50. The molecule has 6 rings (SSSR count). The Morgan fingerprint density at radius 3 is 2.04 bits per heavy atom. The van der Waals surface area contributed by atoms with Gasteiger partial charge >= 0.3 is 12.1 Å². The summed E-state index contributed by atoms with van der Waals surface area (Å²) in [5, 5.41) is 5.33. The standard InChI is InChI=1S/C37H37N5O5/c38-34(43)33(18-17-25-9-2-1-3-10-25)40-36(45)39-27-12-8-11-26(23-27)35(44)41-19-21-42(22-20-41)37(46)47-24-32-30-15-6-4-13-28(30)29-14-5-7-16-31(29)32/h1-16,23,32-33H,17-22,24H2,(H2,38,43)(H2,39,40,45). The number of fused-ring (bicyclic) bond motifs is 3. The maximum Gasteiger partial charge on any atom is 0.409 e. The Morgan fingerprint density at radius 1 is 0.766 bits per heavy atom. The van der Waals surface area contributed by atoms with Crippen molar-refractivity contribution in [3.05, 3.63) is 125 Å². The number of primary amides is 1. The second-order valence-electron chi connectivity index (χ2n) is 11.7. The molecular weight excluding hydrogens is 594 g/mol. The van der Waals surface area contributed by atoms with Crippen LogP contribution in [0.4, 0.5) is 15.3 Å². The number of carbonyl (C=O) groups excluding carboxylic acids is 4. The van der Waals surface area contributed by atoms with Gasteiger partial charge in [0.2, 0.25) is 5.91 Å². The van der Waals surface area contributed by atoms with E-state index in [1.54, 1.807) is 34.1 Å². The number of hydrogen-bond donors (Lipinski definition) is 3. The number of nitrogens with one attached hydrogen (secondary N) is 2. The molecule has 4 aromatic rings. The van der Waals surface area contributed by atoms with Crippen LogP contribution in [-0.4, -0.2) is 72.6 Å². The monoisotopic (exact) mass is 631 g/mol. The number of ether oxygens (including phenoxy) is 1. The van der Waals surface area contributed by atoms with Crippen LogP contribution in [0.1, 0.15) is 39.4 Å². The summed E-state index contributed by atoms with van der Waals surface area (Å²) in [4.78, 5) is 54.4. The van der Waals surface area contributed by atoms with Crippen LogP contribution in [0.3, 0.4) is 0 Å². The molecule has 47 heavy (non-hydrogen) atoms. The second kappa shape index (κ2) is 14.2. The molecule has 1 aliphatic heterocycles. The van der Waals surface area contributed by atoms with Crippen LogP contribution in [0.15, 0.2) is 103 Å². The highest BCUT2D eigenvalue weighted by Crippen LogP contribution is 2.44. The molecule has 1 saturated heterocycles. The third-order valence-electron chi connectivity index (χ3n) is 8.74. The quantitative estimate of drug-likeness (QED) is 0.239. The molecule has 5 amide bonds. The maximum absolute atomic E-state index is 13.3. The molecule has 0 radical (unpaired) electrons. The molecule has 0 spiro atoms. The highest BCUT2D eigenvalue weighted by molar-refractivity contribution is 5.98. The number of aryl methyl sites for hydroxylation is 1. The molecule has 4 aromatic carbocycles. The molecule has 1 aliphatic carbocycles. The smallest absolute Gasteiger partial charge is 0.409 e. The van der Waals surface area contributed by atoms with E-state index in [0.717, 1.165) is 16.7 Å². The van der Waals surface area contributed by atoms with E-state index in [2.05, 4.69) is 34.9 Å². The highest BCUT2D eigenvalue weighted by atomic mass is 16.6. The van der Waals surface area contributed by atoms with Crippen molar-refractivity contribution in [2.45, 2.75) is 24.8 Å². The minimum absolute atomic E-state index is 0.0202. The third kappa shape index (κ3) is 7.27. The average molecular weight is 632 g/mol. The fourth-order valence-electron chi connectivity index (χ4n) is 6.26. The van der Waals surface area contributed by atoms with Crippen molar-refractivity contribution >= 4 is 29.6 Å². The summed E-state index contributed by atoms with van der Waals surface area (Å²) in [5.74, 6) is -0.857. The molecule has 0 saturated carbocycles. The lowest BCUT2D eigenvalue weighted by Gasteiger charge is -2.34. The second-order valence-corrected chi connectivity index (χ2v) is 11.7. The Labute approximate surface area is 273 Å². The van der Waals surface area contributed by atoms with Gasteiger partial charge in [-0.05, 0) is 58.9 Å². The summed E-state index contributed by atoms with van der Waals surface area (Å²) in [5.41, 5.74) is 12.0. The molecule has 1 fully saturated rings. The van der Waals surface area contributed by atoms with Crippen molar-refractivity contribution in [3.63, 3.8) is 0 Å². The van der Waals surface area contributed by atoms with Crippen molar-refractivity contribution in [1.29, 1.82) is 0 Å². The molecule has 1 atom stereocenters. The maximum atomic E-state index is 13.3. The Morgan fingerprint density at radius 2 is 1.38 bits per heavy atom. The van der Waals surface area contributed by atoms with E-state index in [1.807, 2.05) is 54.6 Å². The SMILES string of the molecule is NC(=O)C(CCc1ccccc1)NC(=O)Nc1cccc(C(=O)N2CCN(C(=O)OCC3c4ccccc4-c4ccccc43)CC2)c1. The van der Waals surface area contributed by atoms with Crippen molar-refractivity contribution in [1.82, 2.24) is 15.1 Å². The van der Waals surface area contributed by atoms with Gasteiger partial charge in [-0.1, -0.05) is 84.9 Å². The highest BCUT2D eigenvalue weighted by Gasteiger charge is 2.31. The lowest BCUT2D eigenvalue weighted by molar-refractivity contribution is -0.119. The summed E-state index contributed by atoms with van der Waals surface area (Å²) < 4.78 is 5.80. The molecule has 1 unspecified atom stereocenters. The lowest BCUT2D eigenvalue weighted by atomic mass is 9.98. The zero-order valence-electron chi connectivity index (χ0n) is 25.9. The number of hydrogen-bond acceptors (Lipinski definition) is 5. The molecule has 2 aliphatic rings. The number of rotatable bonds is 9. The zero-order valence-corrected chi connectivity index (χ0v) is 25.9. The third-order valence-corrected chi connectivity index (χ3v) is 8.74. The summed E-state index contributed by atoms with van der Waals surface area (Å²) in [6.07, 6.45) is 0.537. The number of piperazine rings is 1. The number of amides is 5. The van der Waals surface area contributed by atoms with Gasteiger partial charge in [0, 0.05) is 43.3 Å². The molecule has 240 valence electrons. The molecule has 10 nitrogen and oxygen atoms in total. The van der Waals surface area contributed by atoms with Crippen molar-refractivity contribution in [3.8, 4) is 11.1 Å². The Kier molecular flexibility index (Phi) is 9.47. The largest absolute Gasteiger partial charge is 0.448 e.